The monoisotopic (exact) mass is 360 g/mol. The van der Waals surface area contributed by atoms with Crippen LogP contribution in [0, 0.1) is 13.8 Å². The quantitative estimate of drug-likeness (QED) is 0.818. The molecule has 6 heteroatoms. The van der Waals surface area contributed by atoms with Crippen LogP contribution >= 0.6 is 0 Å². The number of hydrogen-bond acceptors (Lipinski definition) is 4. The van der Waals surface area contributed by atoms with Gasteiger partial charge in [-0.1, -0.05) is 6.07 Å². The number of nitrogens with one attached hydrogen (secondary N) is 1. The van der Waals surface area contributed by atoms with Crippen molar-refractivity contribution in [1.82, 2.24) is 10.2 Å². The fourth-order valence-corrected chi connectivity index (χ4v) is 3.32. The van der Waals surface area contributed by atoms with Gasteiger partial charge in [-0.05, 0) is 70.2 Å². The minimum Gasteiger partial charge on any atom is -0.454 e. The van der Waals surface area contributed by atoms with Crippen LogP contribution in [0.3, 0.4) is 0 Å². The summed E-state index contributed by atoms with van der Waals surface area (Å²) in [6.07, 6.45) is 3.04. The Balaban J connectivity index is 1.78. The maximum atomic E-state index is 12.3. The van der Waals surface area contributed by atoms with Gasteiger partial charge in [-0.3, -0.25) is 14.4 Å². The molecule has 0 spiro atoms. The van der Waals surface area contributed by atoms with Crippen LogP contribution in [0.15, 0.2) is 18.2 Å². The Morgan fingerprint density at radius 3 is 2.38 bits per heavy atom. The molecule has 2 atom stereocenters. The average molecular weight is 360 g/mol. The van der Waals surface area contributed by atoms with Crippen molar-refractivity contribution in [3.63, 3.8) is 0 Å². The summed E-state index contributed by atoms with van der Waals surface area (Å²) < 4.78 is 5.04. The van der Waals surface area contributed by atoms with Gasteiger partial charge in [0.25, 0.3) is 11.8 Å². The second-order valence-electron chi connectivity index (χ2n) is 7.07. The normalized spacial score (nSPS) is 19.8. The van der Waals surface area contributed by atoms with Crippen LogP contribution in [0.25, 0.3) is 0 Å². The predicted octanol–water partition coefficient (Wildman–Crippen LogP) is 2.37. The number of carbonyl (C=O) groups is 3. The first kappa shape index (κ1) is 19.9. The first-order valence-electron chi connectivity index (χ1n) is 9.12. The summed E-state index contributed by atoms with van der Waals surface area (Å²) in [7, 11) is 0. The van der Waals surface area contributed by atoms with E-state index in [0.29, 0.717) is 5.56 Å². The first-order chi connectivity index (χ1) is 12.3. The minimum absolute atomic E-state index is 0.162. The summed E-state index contributed by atoms with van der Waals surface area (Å²) in [4.78, 5) is 38.0. The zero-order chi connectivity index (χ0) is 19.3. The zero-order valence-corrected chi connectivity index (χ0v) is 16.0. The Labute approximate surface area is 154 Å². The number of esters is 1. The van der Waals surface area contributed by atoms with Crippen molar-refractivity contribution in [2.45, 2.75) is 59.0 Å². The molecule has 1 aromatic carbocycles. The maximum absolute atomic E-state index is 12.3. The van der Waals surface area contributed by atoms with Gasteiger partial charge in [-0.15, -0.1) is 0 Å². The van der Waals surface area contributed by atoms with E-state index in [9.17, 15) is 14.4 Å². The van der Waals surface area contributed by atoms with Crippen molar-refractivity contribution in [1.29, 1.82) is 0 Å². The van der Waals surface area contributed by atoms with Crippen molar-refractivity contribution in [2.75, 3.05) is 13.2 Å². The molecule has 1 heterocycles. The number of hydrogen-bond donors (Lipinski definition) is 1. The van der Waals surface area contributed by atoms with Gasteiger partial charge < -0.3 is 15.0 Å². The standard InChI is InChI=1S/C20H28N2O4/c1-13-8-9-17(10-14(13)2)20(25)21-11-19(24)26-12-18(23)22-15(3)6-5-7-16(22)4/h8-10,15-16H,5-7,11-12H2,1-4H3,(H,21,25)/t15-,16+. The highest BCUT2D eigenvalue weighted by atomic mass is 16.5. The largest absolute Gasteiger partial charge is 0.454 e. The van der Waals surface area contributed by atoms with Crippen LogP contribution in [-0.2, 0) is 14.3 Å². The van der Waals surface area contributed by atoms with Gasteiger partial charge in [0.15, 0.2) is 6.61 Å². The summed E-state index contributed by atoms with van der Waals surface area (Å²) in [5, 5.41) is 2.53. The summed E-state index contributed by atoms with van der Waals surface area (Å²) in [6.45, 7) is 7.37. The fourth-order valence-electron chi connectivity index (χ4n) is 3.32. The lowest BCUT2D eigenvalue weighted by Gasteiger charge is -2.38. The van der Waals surface area contributed by atoms with Crippen molar-refractivity contribution in [3.8, 4) is 0 Å². The van der Waals surface area contributed by atoms with E-state index in [1.807, 2.05) is 33.8 Å². The highest BCUT2D eigenvalue weighted by Gasteiger charge is 2.29. The maximum Gasteiger partial charge on any atom is 0.325 e. The van der Waals surface area contributed by atoms with Crippen LogP contribution in [0.1, 0.15) is 54.6 Å². The average Bonchev–Trinajstić information content (AvgIpc) is 2.60. The van der Waals surface area contributed by atoms with Crippen LogP contribution in [0.2, 0.25) is 0 Å². The number of aryl methyl sites for hydroxylation is 2. The Kier molecular flexibility index (Phi) is 6.77. The van der Waals surface area contributed by atoms with Gasteiger partial charge in [0, 0.05) is 17.6 Å². The van der Waals surface area contributed by atoms with E-state index in [1.165, 1.54) is 0 Å². The van der Waals surface area contributed by atoms with Gasteiger partial charge >= 0.3 is 5.97 Å². The molecule has 0 saturated carbocycles. The second kappa shape index (κ2) is 8.83. The fraction of sp³-hybridized carbons (Fsp3) is 0.550. The molecule has 0 aliphatic carbocycles. The number of benzene rings is 1. The summed E-state index contributed by atoms with van der Waals surface area (Å²) in [5.74, 6) is -1.14. The third-order valence-corrected chi connectivity index (χ3v) is 5.00. The van der Waals surface area contributed by atoms with E-state index in [-0.39, 0.29) is 37.0 Å². The van der Waals surface area contributed by atoms with Crippen molar-refractivity contribution in [2.24, 2.45) is 0 Å². The predicted molar refractivity (Wildman–Crippen MR) is 98.8 cm³/mol. The topological polar surface area (TPSA) is 75.7 Å². The van der Waals surface area contributed by atoms with Crippen molar-refractivity contribution >= 4 is 17.8 Å². The van der Waals surface area contributed by atoms with Crippen LogP contribution in [-0.4, -0.2) is 47.9 Å². The molecule has 1 aliphatic heterocycles. The van der Waals surface area contributed by atoms with E-state index >= 15 is 0 Å². The highest BCUT2D eigenvalue weighted by Crippen LogP contribution is 2.22. The molecule has 6 nitrogen and oxygen atoms in total. The number of piperidine rings is 1. The molecule has 2 rings (SSSR count). The van der Waals surface area contributed by atoms with E-state index < -0.39 is 5.97 Å². The molecular formula is C20H28N2O4. The Hall–Kier alpha value is -2.37. The third-order valence-electron chi connectivity index (χ3n) is 5.00. The van der Waals surface area contributed by atoms with Crippen molar-refractivity contribution < 1.29 is 19.1 Å². The van der Waals surface area contributed by atoms with Crippen LogP contribution in [0.4, 0.5) is 0 Å². The Morgan fingerprint density at radius 2 is 1.77 bits per heavy atom. The van der Waals surface area contributed by atoms with E-state index in [2.05, 4.69) is 5.32 Å². The molecule has 1 saturated heterocycles. The number of rotatable bonds is 5. The Morgan fingerprint density at radius 1 is 1.12 bits per heavy atom. The Bertz CT molecular complexity index is 676. The molecule has 0 unspecified atom stereocenters. The molecule has 26 heavy (non-hydrogen) atoms. The molecular weight excluding hydrogens is 332 g/mol. The SMILES string of the molecule is Cc1ccc(C(=O)NCC(=O)OCC(=O)N2[C@H](C)CCC[C@@H]2C)cc1C. The number of likely N-dealkylation sites (tertiary alicyclic amines) is 1. The molecule has 2 amide bonds. The summed E-state index contributed by atoms with van der Waals surface area (Å²) in [5.41, 5.74) is 2.60. The number of amides is 2. The van der Waals surface area contributed by atoms with E-state index in [4.69, 9.17) is 4.74 Å². The van der Waals surface area contributed by atoms with Gasteiger partial charge in [0.1, 0.15) is 6.54 Å². The van der Waals surface area contributed by atoms with Crippen molar-refractivity contribution in [3.05, 3.63) is 34.9 Å². The molecule has 1 N–H and O–H groups in total. The number of carbonyl (C=O) groups excluding carboxylic acids is 3. The van der Waals surface area contributed by atoms with Gasteiger partial charge in [-0.25, -0.2) is 0 Å². The molecule has 1 fully saturated rings. The second-order valence-corrected chi connectivity index (χ2v) is 7.07. The van der Waals surface area contributed by atoms with Gasteiger partial charge in [-0.2, -0.15) is 0 Å². The molecule has 142 valence electrons. The lowest BCUT2D eigenvalue weighted by atomic mass is 9.97. The van der Waals surface area contributed by atoms with Gasteiger partial charge in [0.2, 0.25) is 0 Å². The third kappa shape index (κ3) is 5.07. The van der Waals surface area contributed by atoms with Gasteiger partial charge in [0.05, 0.1) is 0 Å². The summed E-state index contributed by atoms with van der Waals surface area (Å²) >= 11 is 0. The first-order valence-corrected chi connectivity index (χ1v) is 9.12. The number of ether oxygens (including phenoxy) is 1. The molecule has 1 aliphatic rings. The lowest BCUT2D eigenvalue weighted by Crippen LogP contribution is -2.49. The molecule has 0 bridgehead atoms. The molecule has 0 aromatic heterocycles. The highest BCUT2D eigenvalue weighted by molar-refractivity contribution is 5.96. The van der Waals surface area contributed by atoms with Crippen LogP contribution in [0.5, 0.6) is 0 Å². The van der Waals surface area contributed by atoms with Crippen LogP contribution < -0.4 is 5.32 Å². The molecule has 1 aromatic rings. The minimum atomic E-state index is -0.618. The number of nitrogens with zero attached hydrogens (tertiary/aromatic N) is 1. The van der Waals surface area contributed by atoms with E-state index in [0.717, 1.165) is 30.4 Å². The summed E-state index contributed by atoms with van der Waals surface area (Å²) in [6, 6.07) is 5.68. The lowest BCUT2D eigenvalue weighted by molar-refractivity contribution is -0.154. The smallest absolute Gasteiger partial charge is 0.325 e. The zero-order valence-electron chi connectivity index (χ0n) is 16.0. The van der Waals surface area contributed by atoms with E-state index in [1.54, 1.807) is 17.0 Å². The molecule has 0 radical (unpaired) electrons.